The SMILES string of the molecule is c1ccc(-c2cccc(-c3cc(-c4cccc(-c5ccccc5)c4)cc(-c4ccc5ccc6c7ccccc7ccc6c5c4)c3)c2)cc1. The topological polar surface area (TPSA) is 0 Å². The molecule has 0 aliphatic carbocycles. The molecule has 48 heavy (non-hydrogen) atoms. The number of fused-ring (bicyclic) bond motifs is 5. The van der Waals surface area contributed by atoms with Crippen LogP contribution in [0, 0.1) is 0 Å². The monoisotopic (exact) mass is 608 g/mol. The Morgan fingerprint density at radius 1 is 0.167 bits per heavy atom. The molecule has 0 nitrogen and oxygen atoms in total. The van der Waals surface area contributed by atoms with Gasteiger partial charge in [-0.15, -0.1) is 0 Å². The van der Waals surface area contributed by atoms with E-state index in [-0.39, 0.29) is 0 Å². The molecular weight excluding hydrogens is 577 g/mol. The molecule has 0 atom stereocenters. The Kier molecular flexibility index (Phi) is 6.91. The maximum Gasteiger partial charge on any atom is -0.00987 e. The summed E-state index contributed by atoms with van der Waals surface area (Å²) in [6.07, 6.45) is 0. The first-order valence-electron chi connectivity index (χ1n) is 16.6. The summed E-state index contributed by atoms with van der Waals surface area (Å²) in [5.41, 5.74) is 12.1. The van der Waals surface area contributed by atoms with Gasteiger partial charge >= 0.3 is 0 Å². The quantitative estimate of drug-likeness (QED) is 0.171. The molecule has 9 rings (SSSR count). The molecule has 9 aromatic carbocycles. The molecule has 0 aliphatic rings. The highest BCUT2D eigenvalue weighted by Crippen LogP contribution is 2.38. The zero-order valence-corrected chi connectivity index (χ0v) is 26.5. The van der Waals surface area contributed by atoms with Crippen LogP contribution in [0.25, 0.3) is 88.0 Å². The van der Waals surface area contributed by atoms with Gasteiger partial charge in [0.05, 0.1) is 0 Å². The zero-order valence-electron chi connectivity index (χ0n) is 26.5. The lowest BCUT2D eigenvalue weighted by Crippen LogP contribution is -1.88. The second-order valence-electron chi connectivity index (χ2n) is 12.6. The predicted octanol–water partition coefficient (Wildman–Crippen LogP) is 13.5. The first-order valence-corrected chi connectivity index (χ1v) is 16.6. The minimum atomic E-state index is 1.20. The summed E-state index contributed by atoms with van der Waals surface area (Å²) in [4.78, 5) is 0. The molecule has 0 N–H and O–H groups in total. The van der Waals surface area contributed by atoms with Crippen molar-refractivity contribution in [2.45, 2.75) is 0 Å². The van der Waals surface area contributed by atoms with Gasteiger partial charge in [-0.25, -0.2) is 0 Å². The van der Waals surface area contributed by atoms with E-state index in [2.05, 4.69) is 194 Å². The molecule has 224 valence electrons. The van der Waals surface area contributed by atoms with E-state index in [9.17, 15) is 0 Å². The van der Waals surface area contributed by atoms with Crippen molar-refractivity contribution < 1.29 is 0 Å². The fraction of sp³-hybridized carbons (Fsp3) is 0. The lowest BCUT2D eigenvalue weighted by atomic mass is 9.90. The standard InChI is InChI=1S/C48H32/c1-3-11-33(12-4-1)37-16-9-18-39(27-37)42-29-43(40-19-10-17-38(28-40)34-13-5-2-6-14-34)31-44(30-42)41-22-21-36-24-25-46-45-20-8-7-15-35(45)23-26-47(46)48(36)32-41/h1-32H. The van der Waals surface area contributed by atoms with Crippen LogP contribution in [0.1, 0.15) is 0 Å². The van der Waals surface area contributed by atoms with Crippen molar-refractivity contribution in [2.75, 3.05) is 0 Å². The molecule has 0 aliphatic heterocycles. The summed E-state index contributed by atoms with van der Waals surface area (Å²) >= 11 is 0. The number of rotatable bonds is 5. The van der Waals surface area contributed by atoms with Crippen LogP contribution in [0.2, 0.25) is 0 Å². The van der Waals surface area contributed by atoms with E-state index in [1.54, 1.807) is 0 Å². The largest absolute Gasteiger partial charge is 0.0622 e. The van der Waals surface area contributed by atoms with Gasteiger partial charge < -0.3 is 0 Å². The van der Waals surface area contributed by atoms with Crippen molar-refractivity contribution in [1.29, 1.82) is 0 Å². The Bertz CT molecular complexity index is 2490. The van der Waals surface area contributed by atoms with Crippen molar-refractivity contribution in [3.05, 3.63) is 194 Å². The highest BCUT2D eigenvalue weighted by molar-refractivity contribution is 6.17. The van der Waals surface area contributed by atoms with Crippen LogP contribution < -0.4 is 0 Å². The molecule has 9 aromatic rings. The predicted molar refractivity (Wildman–Crippen MR) is 206 cm³/mol. The van der Waals surface area contributed by atoms with Crippen molar-refractivity contribution in [3.8, 4) is 55.6 Å². The smallest absolute Gasteiger partial charge is 0.00987 e. The molecule has 0 amide bonds. The highest BCUT2D eigenvalue weighted by Gasteiger charge is 2.12. The average molecular weight is 609 g/mol. The number of hydrogen-bond donors (Lipinski definition) is 0. The number of benzene rings is 9. The van der Waals surface area contributed by atoms with Gasteiger partial charge in [0.2, 0.25) is 0 Å². The van der Waals surface area contributed by atoms with Gasteiger partial charge in [0.15, 0.2) is 0 Å². The Hall–Kier alpha value is -6.24. The summed E-state index contributed by atoms with van der Waals surface area (Å²) in [6, 6.07) is 70.9. The summed E-state index contributed by atoms with van der Waals surface area (Å²) in [5, 5.41) is 7.68. The van der Waals surface area contributed by atoms with Crippen LogP contribution in [0.3, 0.4) is 0 Å². The van der Waals surface area contributed by atoms with Crippen molar-refractivity contribution >= 4 is 32.3 Å². The van der Waals surface area contributed by atoms with E-state index in [1.807, 2.05) is 0 Å². The molecule has 0 heterocycles. The lowest BCUT2D eigenvalue weighted by Gasteiger charge is -2.14. The maximum absolute atomic E-state index is 2.39. The molecular formula is C48H32. The molecule has 0 heteroatoms. The van der Waals surface area contributed by atoms with Gasteiger partial charge in [-0.2, -0.15) is 0 Å². The molecule has 0 fully saturated rings. The van der Waals surface area contributed by atoms with E-state index < -0.39 is 0 Å². The van der Waals surface area contributed by atoms with Gasteiger partial charge in [-0.3, -0.25) is 0 Å². The molecule has 0 aromatic heterocycles. The fourth-order valence-corrected chi connectivity index (χ4v) is 7.14. The Labute approximate surface area is 281 Å². The second kappa shape index (κ2) is 11.8. The zero-order chi connectivity index (χ0) is 31.9. The minimum absolute atomic E-state index is 1.20. The second-order valence-corrected chi connectivity index (χ2v) is 12.6. The normalized spacial score (nSPS) is 11.3. The van der Waals surface area contributed by atoms with E-state index in [0.29, 0.717) is 0 Å². The first kappa shape index (κ1) is 28.0. The van der Waals surface area contributed by atoms with Crippen LogP contribution in [-0.4, -0.2) is 0 Å². The minimum Gasteiger partial charge on any atom is -0.0622 e. The maximum atomic E-state index is 2.39. The molecule has 0 saturated heterocycles. The third-order valence-electron chi connectivity index (χ3n) is 9.62. The van der Waals surface area contributed by atoms with Gasteiger partial charge in [-0.05, 0) is 124 Å². The molecule has 0 spiro atoms. The average Bonchev–Trinajstić information content (AvgIpc) is 3.18. The summed E-state index contributed by atoms with van der Waals surface area (Å²) in [6.45, 7) is 0. The van der Waals surface area contributed by atoms with E-state index in [4.69, 9.17) is 0 Å². The summed E-state index contributed by atoms with van der Waals surface area (Å²) in [5.74, 6) is 0. The molecule has 0 unspecified atom stereocenters. The van der Waals surface area contributed by atoms with Crippen molar-refractivity contribution in [1.82, 2.24) is 0 Å². The van der Waals surface area contributed by atoms with Gasteiger partial charge in [0.25, 0.3) is 0 Å². The first-order chi connectivity index (χ1) is 23.8. The van der Waals surface area contributed by atoms with Gasteiger partial charge in [-0.1, -0.05) is 158 Å². The Morgan fingerprint density at radius 2 is 0.542 bits per heavy atom. The van der Waals surface area contributed by atoms with Crippen LogP contribution in [0.4, 0.5) is 0 Å². The Balaban J connectivity index is 1.24. The highest BCUT2D eigenvalue weighted by atomic mass is 14.2. The molecule has 0 bridgehead atoms. The van der Waals surface area contributed by atoms with Gasteiger partial charge in [0, 0.05) is 0 Å². The molecule has 0 saturated carbocycles. The van der Waals surface area contributed by atoms with Crippen LogP contribution in [0.5, 0.6) is 0 Å². The van der Waals surface area contributed by atoms with Gasteiger partial charge in [0.1, 0.15) is 0 Å². The van der Waals surface area contributed by atoms with Crippen LogP contribution >= 0.6 is 0 Å². The van der Waals surface area contributed by atoms with E-state index in [1.165, 1.54) is 88.0 Å². The van der Waals surface area contributed by atoms with E-state index >= 15 is 0 Å². The van der Waals surface area contributed by atoms with E-state index in [0.717, 1.165) is 0 Å². The summed E-state index contributed by atoms with van der Waals surface area (Å²) < 4.78 is 0. The van der Waals surface area contributed by atoms with Crippen molar-refractivity contribution in [2.24, 2.45) is 0 Å². The Morgan fingerprint density at radius 3 is 1.10 bits per heavy atom. The molecule has 0 radical (unpaired) electrons. The van der Waals surface area contributed by atoms with Crippen LogP contribution in [-0.2, 0) is 0 Å². The number of hydrogen-bond acceptors (Lipinski definition) is 0. The third kappa shape index (κ3) is 5.14. The van der Waals surface area contributed by atoms with Crippen LogP contribution in [0.15, 0.2) is 194 Å². The van der Waals surface area contributed by atoms with Crippen molar-refractivity contribution in [3.63, 3.8) is 0 Å². The fourth-order valence-electron chi connectivity index (χ4n) is 7.14. The summed E-state index contributed by atoms with van der Waals surface area (Å²) in [7, 11) is 0. The third-order valence-corrected chi connectivity index (χ3v) is 9.62. The lowest BCUT2D eigenvalue weighted by molar-refractivity contribution is 1.56.